The second-order valence-electron chi connectivity index (χ2n) is 7.98. The van der Waals surface area contributed by atoms with Gasteiger partial charge in [-0.2, -0.15) is 10.5 Å². The fourth-order valence-corrected chi connectivity index (χ4v) is 5.07. The van der Waals surface area contributed by atoms with Crippen molar-refractivity contribution < 1.29 is 14.0 Å². The van der Waals surface area contributed by atoms with E-state index in [2.05, 4.69) is 0 Å². The van der Waals surface area contributed by atoms with Crippen LogP contribution in [-0.2, 0) is 9.59 Å². The van der Waals surface area contributed by atoms with Gasteiger partial charge in [-0.15, -0.1) is 0 Å². The number of nitriles is 2. The van der Waals surface area contributed by atoms with Crippen LogP contribution in [0.15, 0.2) is 34.9 Å². The minimum Gasteiger partial charge on any atom is -0.293 e. The van der Waals surface area contributed by atoms with Crippen molar-refractivity contribution in [1.82, 2.24) is 0 Å². The van der Waals surface area contributed by atoms with Gasteiger partial charge in [0.1, 0.15) is 18.8 Å². The van der Waals surface area contributed by atoms with E-state index >= 15 is 0 Å². The highest BCUT2D eigenvalue weighted by atomic mass is 19.1. The van der Waals surface area contributed by atoms with Crippen LogP contribution in [-0.4, -0.2) is 18.2 Å². The summed E-state index contributed by atoms with van der Waals surface area (Å²) in [6.07, 6.45) is 5.44. The number of alkyl halides is 1. The Bertz CT molecular complexity index is 865. The number of ketones is 2. The average molecular weight is 354 g/mol. The molecule has 0 aromatic heterocycles. The standard InChI is InChI=1S/C20H19FN2O2.CH4/c1-18(2)15-4-5-20(11-21)8-12(9-22)14(24)6-16(20)19(15,3)7-13(10-23)17(18)25;/h6-8,15H,4-5,11H2,1-3H3;1H4. The molecule has 3 aliphatic carbocycles. The molecule has 0 aliphatic heterocycles. The molecule has 3 atom stereocenters. The van der Waals surface area contributed by atoms with Gasteiger partial charge in [0.25, 0.3) is 0 Å². The van der Waals surface area contributed by atoms with Crippen LogP contribution in [0.1, 0.15) is 41.0 Å². The molecule has 0 spiro atoms. The number of hydrogen-bond acceptors (Lipinski definition) is 4. The maximum Gasteiger partial charge on any atom is 0.196 e. The number of hydrogen-bond donors (Lipinski definition) is 0. The normalized spacial score (nSPS) is 34.7. The molecule has 0 aromatic rings. The molecule has 0 bridgehead atoms. The molecule has 0 N–H and O–H groups in total. The summed E-state index contributed by atoms with van der Waals surface area (Å²) in [5.74, 6) is -0.786. The van der Waals surface area contributed by atoms with Crippen LogP contribution >= 0.6 is 0 Å². The van der Waals surface area contributed by atoms with E-state index in [1.54, 1.807) is 6.08 Å². The third kappa shape index (κ3) is 2.31. The fraction of sp³-hybridized carbons (Fsp3) is 0.524. The number of carbonyl (C=O) groups is 2. The predicted molar refractivity (Wildman–Crippen MR) is 95.2 cm³/mol. The number of fused-ring (bicyclic) bond motifs is 3. The second-order valence-corrected chi connectivity index (χ2v) is 7.98. The summed E-state index contributed by atoms with van der Waals surface area (Å²) in [5, 5.41) is 18.6. The second kappa shape index (κ2) is 6.02. The SMILES string of the molecule is C.CC1(C)C(=O)C(C#N)=CC2(C)C3=CC(=O)C(C#N)=CC3(CF)CCC12. The van der Waals surface area contributed by atoms with Crippen molar-refractivity contribution in [2.24, 2.45) is 22.2 Å². The number of carbonyl (C=O) groups excluding carboxylic acids is 2. The first-order chi connectivity index (χ1) is 11.7. The van der Waals surface area contributed by atoms with Crippen molar-refractivity contribution in [3.63, 3.8) is 0 Å². The van der Waals surface area contributed by atoms with E-state index in [0.29, 0.717) is 18.4 Å². The highest BCUT2D eigenvalue weighted by Gasteiger charge is 2.59. The lowest BCUT2D eigenvalue weighted by Crippen LogP contribution is -2.54. The maximum absolute atomic E-state index is 14.2. The smallest absolute Gasteiger partial charge is 0.196 e. The minimum atomic E-state index is -1.02. The Labute approximate surface area is 153 Å². The van der Waals surface area contributed by atoms with E-state index in [9.17, 15) is 19.2 Å². The molecule has 26 heavy (non-hydrogen) atoms. The summed E-state index contributed by atoms with van der Waals surface area (Å²) in [6, 6.07) is 3.81. The van der Waals surface area contributed by atoms with E-state index in [-0.39, 0.29) is 30.3 Å². The topological polar surface area (TPSA) is 81.7 Å². The quantitative estimate of drug-likeness (QED) is 0.712. The molecule has 4 nitrogen and oxygen atoms in total. The van der Waals surface area contributed by atoms with Crippen molar-refractivity contribution in [2.45, 2.75) is 41.0 Å². The molecular weight excluding hydrogens is 331 g/mol. The van der Waals surface area contributed by atoms with E-state index in [1.807, 2.05) is 32.9 Å². The third-order valence-electron chi connectivity index (χ3n) is 6.31. The monoisotopic (exact) mass is 354 g/mol. The summed E-state index contributed by atoms with van der Waals surface area (Å²) < 4.78 is 14.2. The lowest BCUT2D eigenvalue weighted by atomic mass is 9.45. The number of halogens is 1. The van der Waals surface area contributed by atoms with Gasteiger partial charge in [0.2, 0.25) is 0 Å². The number of allylic oxidation sites excluding steroid dienone is 6. The zero-order chi connectivity index (χ0) is 18.6. The Balaban J connectivity index is 0.00000243. The highest BCUT2D eigenvalue weighted by Crippen LogP contribution is 2.63. The van der Waals surface area contributed by atoms with Crippen molar-refractivity contribution in [3.8, 4) is 12.1 Å². The summed E-state index contributed by atoms with van der Waals surface area (Å²) >= 11 is 0. The van der Waals surface area contributed by atoms with Crippen LogP contribution < -0.4 is 0 Å². The molecule has 3 rings (SSSR count). The Hall–Kier alpha value is -2.53. The molecular formula is C21H23FN2O2. The van der Waals surface area contributed by atoms with Crippen LogP contribution in [0, 0.1) is 44.8 Å². The van der Waals surface area contributed by atoms with Gasteiger partial charge >= 0.3 is 0 Å². The lowest BCUT2D eigenvalue weighted by molar-refractivity contribution is -0.130. The molecule has 0 aromatic carbocycles. The predicted octanol–water partition coefficient (Wildman–Crippen LogP) is 4.01. The number of rotatable bonds is 1. The molecule has 1 saturated carbocycles. The van der Waals surface area contributed by atoms with Gasteiger partial charge in [-0.3, -0.25) is 9.59 Å². The zero-order valence-corrected chi connectivity index (χ0v) is 14.5. The van der Waals surface area contributed by atoms with E-state index in [1.165, 1.54) is 12.2 Å². The van der Waals surface area contributed by atoms with Crippen LogP contribution in [0.2, 0.25) is 0 Å². The maximum atomic E-state index is 14.2. The molecule has 0 heterocycles. The first kappa shape index (κ1) is 19.8. The van der Waals surface area contributed by atoms with Gasteiger partial charge in [0.05, 0.1) is 11.1 Å². The van der Waals surface area contributed by atoms with Gasteiger partial charge in [-0.1, -0.05) is 34.3 Å². The Morgan fingerprint density at radius 2 is 1.77 bits per heavy atom. The summed E-state index contributed by atoms with van der Waals surface area (Å²) in [7, 11) is 0. The van der Waals surface area contributed by atoms with Gasteiger partial charge in [-0.25, -0.2) is 4.39 Å². The van der Waals surface area contributed by atoms with Gasteiger partial charge < -0.3 is 0 Å². The largest absolute Gasteiger partial charge is 0.293 e. The van der Waals surface area contributed by atoms with Crippen LogP contribution in [0.3, 0.4) is 0 Å². The van der Waals surface area contributed by atoms with E-state index in [0.717, 1.165) is 0 Å². The fourth-order valence-electron chi connectivity index (χ4n) is 5.07. The molecule has 0 saturated heterocycles. The van der Waals surface area contributed by atoms with Crippen molar-refractivity contribution in [1.29, 1.82) is 10.5 Å². The zero-order valence-electron chi connectivity index (χ0n) is 14.5. The minimum absolute atomic E-state index is 0. The summed E-state index contributed by atoms with van der Waals surface area (Å²) in [5.41, 5.74) is -1.98. The van der Waals surface area contributed by atoms with E-state index in [4.69, 9.17) is 5.26 Å². The lowest BCUT2D eigenvalue weighted by Gasteiger charge is -2.57. The molecule has 0 amide bonds. The molecule has 3 aliphatic rings. The molecule has 3 unspecified atom stereocenters. The van der Waals surface area contributed by atoms with Crippen LogP contribution in [0.4, 0.5) is 4.39 Å². The van der Waals surface area contributed by atoms with Crippen LogP contribution in [0.5, 0.6) is 0 Å². The Kier molecular flexibility index (Phi) is 4.58. The Morgan fingerprint density at radius 1 is 1.15 bits per heavy atom. The first-order valence-corrected chi connectivity index (χ1v) is 8.30. The van der Waals surface area contributed by atoms with Crippen molar-refractivity contribution in [2.75, 3.05) is 6.67 Å². The van der Waals surface area contributed by atoms with Crippen molar-refractivity contribution >= 4 is 11.6 Å². The molecule has 0 radical (unpaired) electrons. The first-order valence-electron chi connectivity index (χ1n) is 8.30. The molecule has 1 fully saturated rings. The third-order valence-corrected chi connectivity index (χ3v) is 6.31. The molecule has 136 valence electrons. The summed E-state index contributed by atoms with van der Waals surface area (Å²) in [4.78, 5) is 24.9. The van der Waals surface area contributed by atoms with Gasteiger partial charge in [-0.05, 0) is 36.5 Å². The number of nitrogens with zero attached hydrogens (tertiary/aromatic N) is 2. The van der Waals surface area contributed by atoms with Gasteiger partial charge in [0.15, 0.2) is 11.6 Å². The summed E-state index contributed by atoms with van der Waals surface area (Å²) in [6.45, 7) is 4.78. The van der Waals surface area contributed by atoms with E-state index < -0.39 is 28.7 Å². The average Bonchev–Trinajstić information content (AvgIpc) is 2.58. The Morgan fingerprint density at radius 3 is 2.31 bits per heavy atom. The van der Waals surface area contributed by atoms with Gasteiger partial charge in [0, 0.05) is 16.2 Å². The van der Waals surface area contributed by atoms with Crippen molar-refractivity contribution in [3.05, 3.63) is 34.9 Å². The van der Waals surface area contributed by atoms with Crippen LogP contribution in [0.25, 0.3) is 0 Å². The number of Topliss-reactive ketones (excluding diaryl/α,β-unsaturated/α-hetero) is 1. The molecule has 5 heteroatoms. The highest BCUT2D eigenvalue weighted by molar-refractivity contribution is 6.09.